The fourth-order valence-corrected chi connectivity index (χ4v) is 5.38. The molecule has 0 bridgehead atoms. The smallest absolute Gasteiger partial charge is 0.308 e. The van der Waals surface area contributed by atoms with Crippen molar-refractivity contribution in [2.24, 2.45) is 11.8 Å². The summed E-state index contributed by atoms with van der Waals surface area (Å²) in [7, 11) is 2.95. The minimum atomic E-state index is -1.50. The summed E-state index contributed by atoms with van der Waals surface area (Å²) in [5.41, 5.74) is 2.79. The number of esters is 2. The standard InChI is InChI=1S/C14H17BrO2.C14H18O2.Br2.3HNO3.Ti/c1-17-14(16)12-4-2-10(3-5-12)11-6-8-13(15)9-7-11;1-16-14(15)13-9-7-12(8-10-13)11-5-3-2-4-6-11;1-2;3*2-1(3)4;/h6-10,12H,2-5H2,1H3;2-6,12-13H,7-10H2,1H3;;3*(H,2,3,4);. The molecule has 0 atom stereocenters. The first-order valence-electron chi connectivity index (χ1n) is 13.8. The van der Waals surface area contributed by atoms with Gasteiger partial charge in [0.2, 0.25) is 0 Å². The summed E-state index contributed by atoms with van der Waals surface area (Å²) in [5, 5.41) is 40.9. The van der Waals surface area contributed by atoms with Crippen molar-refractivity contribution in [1.29, 1.82) is 0 Å². The molecule has 0 aliphatic heterocycles. The zero-order valence-corrected chi connectivity index (χ0v) is 32.4. The van der Waals surface area contributed by atoms with E-state index in [0.717, 1.165) is 55.8 Å². The molecule has 20 heteroatoms. The molecule has 0 amide bonds. The van der Waals surface area contributed by atoms with Crippen LogP contribution in [0.1, 0.15) is 74.3 Å². The Morgan fingerprint density at radius 3 is 1.17 bits per heavy atom. The molecule has 2 aliphatic carbocycles. The van der Waals surface area contributed by atoms with Gasteiger partial charge in [0.15, 0.2) is 0 Å². The third kappa shape index (κ3) is 25.2. The molecule has 268 valence electrons. The first kappa shape index (κ1) is 49.5. The fraction of sp³-hybridized carbons (Fsp3) is 0.500. The van der Waals surface area contributed by atoms with E-state index in [9.17, 15) is 9.59 Å². The van der Waals surface area contributed by atoms with E-state index < -0.39 is 15.3 Å². The molecule has 2 aromatic rings. The van der Waals surface area contributed by atoms with E-state index in [-0.39, 0.29) is 45.5 Å². The summed E-state index contributed by atoms with van der Waals surface area (Å²) in [5.74, 6) is 1.40. The van der Waals surface area contributed by atoms with Crippen LogP contribution in [-0.2, 0) is 40.8 Å². The van der Waals surface area contributed by atoms with Crippen molar-refractivity contribution in [3.8, 4) is 0 Å². The van der Waals surface area contributed by atoms with Gasteiger partial charge >= 0.3 is 11.9 Å². The SMILES string of the molecule is BrBr.COC(=O)C1CCC(c2ccc(Br)cc2)CC1.COC(=O)C1CCC(c2ccccc2)CC1.O=[N+]([O-])O.O=[N+]([O-])O.O=[N+]([O-])O.[Ti]. The topological polar surface area (TPSA) is 243 Å². The Morgan fingerprint density at radius 2 is 0.896 bits per heavy atom. The van der Waals surface area contributed by atoms with Gasteiger partial charge in [-0.1, -0.05) is 58.4 Å². The number of halogens is 3. The summed E-state index contributed by atoms with van der Waals surface area (Å²) in [6, 6.07) is 19.1. The molecule has 4 rings (SSSR count). The van der Waals surface area contributed by atoms with Crippen molar-refractivity contribution in [3.05, 3.63) is 101 Å². The molecule has 0 radical (unpaired) electrons. The van der Waals surface area contributed by atoms with E-state index in [2.05, 4.69) is 92.7 Å². The maximum absolute atomic E-state index is 11.4. The second-order valence-corrected chi connectivity index (χ2v) is 10.7. The van der Waals surface area contributed by atoms with Crippen LogP contribution in [0.4, 0.5) is 0 Å². The predicted octanol–water partition coefficient (Wildman–Crippen LogP) is 7.67. The minimum absolute atomic E-state index is 0. The molecule has 0 unspecified atom stereocenters. The van der Waals surface area contributed by atoms with Gasteiger partial charge in [-0.25, -0.2) is 0 Å². The molecule has 16 nitrogen and oxygen atoms in total. The molecule has 2 fully saturated rings. The van der Waals surface area contributed by atoms with Gasteiger partial charge in [0, 0.05) is 54.4 Å². The Hall–Kier alpha value is -2.87. The van der Waals surface area contributed by atoms with Crippen LogP contribution in [-0.4, -0.2) is 57.0 Å². The Labute approximate surface area is 315 Å². The first-order chi connectivity index (χ1) is 22.2. The molecular weight excluding hydrogens is 874 g/mol. The predicted molar refractivity (Wildman–Crippen MR) is 178 cm³/mol. The average Bonchev–Trinajstić information content (AvgIpc) is 3.05. The number of hydrogen-bond acceptors (Lipinski definition) is 10. The molecule has 0 heterocycles. The number of carbonyl (C=O) groups is 2. The average molecular weight is 912 g/mol. The van der Waals surface area contributed by atoms with Crippen LogP contribution in [0.3, 0.4) is 0 Å². The van der Waals surface area contributed by atoms with Crippen LogP contribution >= 0.6 is 44.2 Å². The van der Waals surface area contributed by atoms with Crippen LogP contribution in [0.5, 0.6) is 0 Å². The molecule has 0 aromatic heterocycles. The van der Waals surface area contributed by atoms with Gasteiger partial charge in [-0.3, -0.25) is 9.59 Å². The second-order valence-electron chi connectivity index (χ2n) is 9.82. The van der Waals surface area contributed by atoms with Crippen LogP contribution < -0.4 is 0 Å². The largest absolute Gasteiger partial charge is 0.469 e. The van der Waals surface area contributed by atoms with Gasteiger partial charge in [0.25, 0.3) is 15.3 Å². The van der Waals surface area contributed by atoms with Crippen LogP contribution in [0, 0.1) is 42.2 Å². The Balaban J connectivity index is -0.000000602. The van der Waals surface area contributed by atoms with E-state index in [0.29, 0.717) is 11.8 Å². The monoisotopic (exact) mass is 909 g/mol. The summed E-state index contributed by atoms with van der Waals surface area (Å²) >= 11 is 8.95. The fourth-order valence-electron chi connectivity index (χ4n) is 5.12. The third-order valence-corrected chi connectivity index (χ3v) is 7.66. The van der Waals surface area contributed by atoms with Crippen molar-refractivity contribution >= 4 is 56.1 Å². The first-order valence-corrected chi connectivity index (χ1v) is 18.3. The molecule has 3 N–H and O–H groups in total. The van der Waals surface area contributed by atoms with Gasteiger partial charge in [0.05, 0.1) is 26.1 Å². The van der Waals surface area contributed by atoms with E-state index in [1.165, 1.54) is 25.3 Å². The molecule has 2 saturated carbocycles. The van der Waals surface area contributed by atoms with Crippen molar-refractivity contribution in [3.63, 3.8) is 0 Å². The number of hydrogen-bond donors (Lipinski definition) is 3. The maximum Gasteiger partial charge on any atom is 0.308 e. The van der Waals surface area contributed by atoms with Crippen LogP contribution in [0.2, 0.25) is 0 Å². The Morgan fingerprint density at radius 1 is 0.625 bits per heavy atom. The summed E-state index contributed by atoms with van der Waals surface area (Å²) in [4.78, 5) is 47.9. The Kier molecular flexibility index (Phi) is 31.2. The molecule has 0 spiro atoms. The van der Waals surface area contributed by atoms with Crippen LogP contribution in [0.15, 0.2) is 59.1 Å². The molecule has 48 heavy (non-hydrogen) atoms. The van der Waals surface area contributed by atoms with Crippen molar-refractivity contribution in [2.45, 2.75) is 63.2 Å². The number of ether oxygens (including phenoxy) is 2. The van der Waals surface area contributed by atoms with Crippen molar-refractivity contribution < 1.29 is 71.7 Å². The van der Waals surface area contributed by atoms with Gasteiger partial charge < -0.3 is 25.1 Å². The van der Waals surface area contributed by atoms with Gasteiger partial charge in [0.1, 0.15) is 0 Å². The molecule has 2 aliphatic rings. The van der Waals surface area contributed by atoms with Crippen molar-refractivity contribution in [1.82, 2.24) is 0 Å². The quantitative estimate of drug-likeness (QED) is 0.116. The normalized spacial score (nSPS) is 18.6. The zero-order valence-electron chi connectivity index (χ0n) is 26.1. The summed E-state index contributed by atoms with van der Waals surface area (Å²) in [6.45, 7) is 0. The number of benzene rings is 2. The Bertz CT molecular complexity index is 1150. The molecule has 0 saturated heterocycles. The molecule has 2 aromatic carbocycles. The number of methoxy groups -OCH3 is 2. The zero-order chi connectivity index (χ0) is 36.4. The van der Waals surface area contributed by atoms with Gasteiger partial charge in [-0.15, -0.1) is 30.3 Å². The van der Waals surface area contributed by atoms with E-state index in [4.69, 9.17) is 55.4 Å². The maximum atomic E-state index is 11.4. The minimum Gasteiger partial charge on any atom is -0.469 e. The second kappa shape index (κ2) is 30.2. The van der Waals surface area contributed by atoms with E-state index >= 15 is 0 Å². The van der Waals surface area contributed by atoms with Gasteiger partial charge in [-0.2, -0.15) is 0 Å². The summed E-state index contributed by atoms with van der Waals surface area (Å²) < 4.78 is 10.7. The third-order valence-electron chi connectivity index (χ3n) is 7.14. The van der Waals surface area contributed by atoms with E-state index in [1.54, 1.807) is 0 Å². The van der Waals surface area contributed by atoms with Crippen molar-refractivity contribution in [2.75, 3.05) is 14.2 Å². The number of rotatable bonds is 4. The van der Waals surface area contributed by atoms with E-state index in [1.807, 2.05) is 6.07 Å². The molecular formula is C28H38Br3N3O13Ti. The van der Waals surface area contributed by atoms with Gasteiger partial charge in [-0.05, 0) is 86.5 Å². The number of nitrogens with zero attached hydrogens (tertiary/aromatic N) is 3. The number of carbonyl (C=O) groups excluding carboxylic acids is 2. The summed E-state index contributed by atoms with van der Waals surface area (Å²) in [6.07, 6.45) is 8.20. The van der Waals surface area contributed by atoms with Crippen LogP contribution in [0.25, 0.3) is 0 Å².